The molecule has 0 heterocycles. The first-order valence-electron chi connectivity index (χ1n) is 7.59. The summed E-state index contributed by atoms with van der Waals surface area (Å²) in [6.45, 7) is 8.18. The highest BCUT2D eigenvalue weighted by molar-refractivity contribution is 6.32. The number of rotatable bonds is 4. The number of halogens is 1. The average molecular weight is 312 g/mol. The van der Waals surface area contributed by atoms with Crippen molar-refractivity contribution in [2.45, 2.75) is 34.1 Å². The van der Waals surface area contributed by atoms with Crippen LogP contribution in [0, 0.1) is 13.8 Å². The van der Waals surface area contributed by atoms with E-state index in [2.05, 4.69) is 69.3 Å². The summed E-state index contributed by atoms with van der Waals surface area (Å²) >= 11 is 6.30. The van der Waals surface area contributed by atoms with Crippen LogP contribution in [0.4, 0.5) is 0 Å². The van der Waals surface area contributed by atoms with Gasteiger partial charge in [-0.25, -0.2) is 0 Å². The van der Waals surface area contributed by atoms with E-state index in [1.807, 2.05) is 6.92 Å². The number of benzene rings is 2. The van der Waals surface area contributed by atoms with Crippen molar-refractivity contribution in [2.75, 3.05) is 0 Å². The van der Waals surface area contributed by atoms with Crippen LogP contribution in [0.25, 0.3) is 5.70 Å². The first-order valence-corrected chi connectivity index (χ1v) is 7.97. The second kappa shape index (κ2) is 7.42. The Hall–Kier alpha value is -1.86. The van der Waals surface area contributed by atoms with Gasteiger partial charge in [0.05, 0.1) is 5.70 Å². The third kappa shape index (κ3) is 4.08. The van der Waals surface area contributed by atoms with E-state index in [-0.39, 0.29) is 0 Å². The molecule has 0 aliphatic heterocycles. The average Bonchev–Trinajstić information content (AvgIpc) is 2.50. The zero-order valence-electron chi connectivity index (χ0n) is 13.7. The summed E-state index contributed by atoms with van der Waals surface area (Å²) in [4.78, 5) is 4.86. The second-order valence-corrected chi connectivity index (χ2v) is 6.09. The summed E-state index contributed by atoms with van der Waals surface area (Å²) in [5, 5.41) is 0.710. The Labute approximate surface area is 138 Å². The topological polar surface area (TPSA) is 12.4 Å². The molecule has 2 heteroatoms. The van der Waals surface area contributed by atoms with Crippen molar-refractivity contribution >= 4 is 23.0 Å². The van der Waals surface area contributed by atoms with Crippen LogP contribution < -0.4 is 0 Å². The first kappa shape index (κ1) is 16.5. The zero-order chi connectivity index (χ0) is 16.1. The van der Waals surface area contributed by atoms with Crippen LogP contribution in [0.2, 0.25) is 0 Å². The third-order valence-corrected chi connectivity index (χ3v) is 3.80. The lowest BCUT2D eigenvalue weighted by Gasteiger charge is -2.09. The molecule has 22 heavy (non-hydrogen) atoms. The second-order valence-electron chi connectivity index (χ2n) is 5.53. The van der Waals surface area contributed by atoms with E-state index in [0.29, 0.717) is 5.03 Å². The molecular formula is C20H22ClN. The minimum absolute atomic E-state index is 0.710. The molecule has 114 valence electrons. The van der Waals surface area contributed by atoms with E-state index in [9.17, 15) is 0 Å². The van der Waals surface area contributed by atoms with Crippen LogP contribution in [-0.4, -0.2) is 5.71 Å². The summed E-state index contributed by atoms with van der Waals surface area (Å²) < 4.78 is 0. The predicted octanol–water partition coefficient (Wildman–Crippen LogP) is 6.13. The van der Waals surface area contributed by atoms with Crippen LogP contribution in [0.3, 0.4) is 0 Å². The van der Waals surface area contributed by atoms with E-state index < -0.39 is 0 Å². The highest BCUT2D eigenvalue weighted by atomic mass is 35.5. The fourth-order valence-electron chi connectivity index (χ4n) is 2.28. The van der Waals surface area contributed by atoms with Gasteiger partial charge in [-0.3, -0.25) is 4.99 Å². The summed E-state index contributed by atoms with van der Waals surface area (Å²) in [7, 11) is 0. The lowest BCUT2D eigenvalue weighted by Crippen LogP contribution is -2.00. The standard InChI is InChI=1S/C20H22ClN/c1-5-19(17-10-6-14(2)7-11-17)22-20(16(4)21)18-12-8-15(3)9-13-18/h6-13H,5H2,1-4H3/b20-16-,22-19?. The Morgan fingerprint density at radius 3 is 1.73 bits per heavy atom. The van der Waals surface area contributed by atoms with Crippen molar-refractivity contribution in [2.24, 2.45) is 4.99 Å². The largest absolute Gasteiger partial charge is 0.251 e. The van der Waals surface area contributed by atoms with Crippen LogP contribution in [0.15, 0.2) is 58.6 Å². The van der Waals surface area contributed by atoms with Gasteiger partial charge in [-0.15, -0.1) is 0 Å². The Balaban J connectivity index is 2.46. The molecule has 0 aromatic heterocycles. The number of hydrogen-bond acceptors (Lipinski definition) is 1. The van der Waals surface area contributed by atoms with Gasteiger partial charge in [0.2, 0.25) is 0 Å². The van der Waals surface area contributed by atoms with Crippen molar-refractivity contribution in [1.82, 2.24) is 0 Å². The van der Waals surface area contributed by atoms with Crippen molar-refractivity contribution in [3.63, 3.8) is 0 Å². The number of hydrogen-bond donors (Lipinski definition) is 0. The van der Waals surface area contributed by atoms with Crippen LogP contribution in [0.5, 0.6) is 0 Å². The molecule has 0 amide bonds. The van der Waals surface area contributed by atoms with Crippen LogP contribution >= 0.6 is 11.6 Å². The predicted molar refractivity (Wildman–Crippen MR) is 97.6 cm³/mol. The molecule has 0 atom stereocenters. The summed E-state index contributed by atoms with van der Waals surface area (Å²) in [6.07, 6.45) is 0.864. The Bertz CT molecular complexity index is 687. The van der Waals surface area contributed by atoms with E-state index >= 15 is 0 Å². The third-order valence-electron chi connectivity index (χ3n) is 3.62. The Morgan fingerprint density at radius 1 is 0.864 bits per heavy atom. The van der Waals surface area contributed by atoms with E-state index in [4.69, 9.17) is 16.6 Å². The molecule has 0 radical (unpaired) electrons. The molecule has 0 aliphatic carbocycles. The molecule has 1 nitrogen and oxygen atoms in total. The molecule has 0 N–H and O–H groups in total. The molecule has 0 bridgehead atoms. The van der Waals surface area contributed by atoms with E-state index in [1.54, 1.807) is 0 Å². The summed E-state index contributed by atoms with van der Waals surface area (Å²) in [6, 6.07) is 16.8. The molecule has 0 saturated heterocycles. The van der Waals surface area contributed by atoms with Gasteiger partial charge in [-0.1, -0.05) is 78.2 Å². The van der Waals surface area contributed by atoms with Crippen molar-refractivity contribution in [3.05, 3.63) is 75.8 Å². The zero-order valence-corrected chi connectivity index (χ0v) is 14.4. The smallest absolute Gasteiger partial charge is 0.0847 e. The fraction of sp³-hybridized carbons (Fsp3) is 0.250. The minimum Gasteiger partial charge on any atom is -0.251 e. The Morgan fingerprint density at radius 2 is 1.32 bits per heavy atom. The van der Waals surface area contributed by atoms with Crippen molar-refractivity contribution in [1.29, 1.82) is 0 Å². The number of aliphatic imine (C=N–C) groups is 1. The minimum atomic E-state index is 0.710. The Kier molecular flexibility index (Phi) is 5.57. The quantitative estimate of drug-likeness (QED) is 0.602. The first-order chi connectivity index (χ1) is 10.5. The normalized spacial score (nSPS) is 13.0. The van der Waals surface area contributed by atoms with Gasteiger partial charge < -0.3 is 0 Å². The van der Waals surface area contributed by atoms with Crippen LogP contribution in [0.1, 0.15) is 42.5 Å². The molecule has 2 rings (SSSR count). The molecular weight excluding hydrogens is 290 g/mol. The van der Waals surface area contributed by atoms with Gasteiger partial charge in [-0.2, -0.15) is 0 Å². The summed E-state index contributed by atoms with van der Waals surface area (Å²) in [5.74, 6) is 0. The molecule has 2 aromatic carbocycles. The van der Waals surface area contributed by atoms with Crippen LogP contribution in [-0.2, 0) is 0 Å². The SMILES string of the molecule is CCC(=N/C(=C(/C)Cl)c1ccc(C)cc1)c1ccc(C)cc1. The monoisotopic (exact) mass is 311 g/mol. The maximum Gasteiger partial charge on any atom is 0.0847 e. The van der Waals surface area contributed by atoms with Gasteiger partial charge in [0.25, 0.3) is 0 Å². The molecule has 0 spiro atoms. The lowest BCUT2D eigenvalue weighted by molar-refractivity contribution is 1.26. The van der Waals surface area contributed by atoms with E-state index in [1.165, 1.54) is 11.1 Å². The fourth-order valence-corrected chi connectivity index (χ4v) is 2.43. The molecule has 0 saturated carbocycles. The number of aryl methyl sites for hydroxylation is 2. The molecule has 0 fully saturated rings. The van der Waals surface area contributed by atoms with Gasteiger partial charge >= 0.3 is 0 Å². The van der Waals surface area contributed by atoms with Crippen molar-refractivity contribution in [3.8, 4) is 0 Å². The molecule has 0 unspecified atom stereocenters. The maximum atomic E-state index is 6.30. The maximum absolute atomic E-state index is 6.30. The highest BCUT2D eigenvalue weighted by Gasteiger charge is 2.07. The van der Waals surface area contributed by atoms with Gasteiger partial charge in [-0.05, 0) is 32.8 Å². The highest BCUT2D eigenvalue weighted by Crippen LogP contribution is 2.24. The van der Waals surface area contributed by atoms with Gasteiger partial charge in [0.1, 0.15) is 0 Å². The summed E-state index contributed by atoms with van der Waals surface area (Å²) in [5.41, 5.74) is 6.58. The number of nitrogens with zero attached hydrogens (tertiary/aromatic N) is 1. The lowest BCUT2D eigenvalue weighted by atomic mass is 10.0. The van der Waals surface area contributed by atoms with Gasteiger partial charge in [0.15, 0.2) is 0 Å². The molecule has 2 aromatic rings. The van der Waals surface area contributed by atoms with E-state index in [0.717, 1.165) is 29.0 Å². The number of allylic oxidation sites excluding steroid dienone is 1. The molecule has 0 aliphatic rings. The van der Waals surface area contributed by atoms with Crippen molar-refractivity contribution < 1.29 is 0 Å². The van der Waals surface area contributed by atoms with Gasteiger partial charge in [0, 0.05) is 16.3 Å².